The van der Waals surface area contributed by atoms with Gasteiger partial charge < -0.3 is 4.90 Å². The van der Waals surface area contributed by atoms with Crippen molar-refractivity contribution < 1.29 is 8.42 Å². The quantitative estimate of drug-likeness (QED) is 0.749. The lowest BCUT2D eigenvalue weighted by molar-refractivity contribution is 0.384. The van der Waals surface area contributed by atoms with E-state index >= 15 is 0 Å². The summed E-state index contributed by atoms with van der Waals surface area (Å²) in [7, 11) is -3.42. The third kappa shape index (κ3) is 4.53. The molecule has 1 aliphatic heterocycles. The number of anilines is 1. The molecule has 0 radical (unpaired) electrons. The topological polar surface area (TPSA) is 40.6 Å². The van der Waals surface area contributed by atoms with Gasteiger partial charge in [-0.15, -0.1) is 0 Å². The second kappa shape index (κ2) is 8.44. The predicted octanol–water partition coefficient (Wildman–Crippen LogP) is 4.16. The van der Waals surface area contributed by atoms with Crippen LogP contribution in [0.2, 0.25) is 0 Å². The summed E-state index contributed by atoms with van der Waals surface area (Å²) in [6.45, 7) is 8.85. The van der Waals surface area contributed by atoms with Gasteiger partial charge in [-0.05, 0) is 56.0 Å². The molecule has 0 bridgehead atoms. The molecular weight excluding hydrogens is 356 g/mol. The highest BCUT2D eigenvalue weighted by atomic mass is 32.2. The van der Waals surface area contributed by atoms with E-state index in [1.165, 1.54) is 22.4 Å². The van der Waals surface area contributed by atoms with Gasteiger partial charge in [0.1, 0.15) is 0 Å². The molecule has 0 aromatic heterocycles. The smallest absolute Gasteiger partial charge is 0.243 e. The van der Waals surface area contributed by atoms with E-state index in [0.717, 1.165) is 32.4 Å². The van der Waals surface area contributed by atoms with Gasteiger partial charge in [-0.25, -0.2) is 8.42 Å². The molecule has 3 rings (SSSR count). The van der Waals surface area contributed by atoms with Gasteiger partial charge in [-0.1, -0.05) is 43.2 Å². The Labute approximate surface area is 163 Å². The molecule has 0 saturated carbocycles. The van der Waals surface area contributed by atoms with Crippen LogP contribution in [0.25, 0.3) is 0 Å². The average molecular weight is 387 g/mol. The van der Waals surface area contributed by atoms with Crippen molar-refractivity contribution >= 4 is 15.7 Å². The van der Waals surface area contributed by atoms with Crippen LogP contribution in [0.15, 0.2) is 47.4 Å². The van der Waals surface area contributed by atoms with Gasteiger partial charge in [0, 0.05) is 31.9 Å². The second-order valence-corrected chi connectivity index (χ2v) is 9.37. The Hall–Kier alpha value is -1.85. The number of sulfonamides is 1. The molecule has 0 aliphatic carbocycles. The fraction of sp³-hybridized carbons (Fsp3) is 0.455. The average Bonchev–Trinajstić information content (AvgIpc) is 2.67. The predicted molar refractivity (Wildman–Crippen MR) is 112 cm³/mol. The van der Waals surface area contributed by atoms with E-state index < -0.39 is 10.0 Å². The van der Waals surface area contributed by atoms with Crippen LogP contribution in [0.4, 0.5) is 5.69 Å². The number of hydrogen-bond donors (Lipinski definition) is 0. The molecule has 1 heterocycles. The van der Waals surface area contributed by atoms with E-state index in [0.29, 0.717) is 18.0 Å². The van der Waals surface area contributed by atoms with Crippen molar-refractivity contribution in [3.63, 3.8) is 0 Å². The van der Waals surface area contributed by atoms with Crippen molar-refractivity contribution in [3.05, 3.63) is 59.2 Å². The van der Waals surface area contributed by atoms with E-state index in [2.05, 4.69) is 43.9 Å². The Balaban J connectivity index is 1.67. The van der Waals surface area contributed by atoms with Crippen LogP contribution in [-0.2, 0) is 16.4 Å². The highest BCUT2D eigenvalue weighted by Gasteiger charge is 2.28. The van der Waals surface area contributed by atoms with Crippen LogP contribution >= 0.6 is 0 Å². The molecule has 0 N–H and O–H groups in total. The summed E-state index contributed by atoms with van der Waals surface area (Å²) in [5, 5.41) is 0. The third-order valence-corrected chi connectivity index (χ3v) is 7.22. The van der Waals surface area contributed by atoms with Crippen molar-refractivity contribution in [3.8, 4) is 0 Å². The number of nitrogens with zero attached hydrogens (tertiary/aromatic N) is 2. The first kappa shape index (κ1) is 19.9. The van der Waals surface area contributed by atoms with Gasteiger partial charge in [0.25, 0.3) is 0 Å². The van der Waals surface area contributed by atoms with E-state index in [1.807, 2.05) is 12.1 Å². The Bertz CT molecular complexity index is 868. The number of rotatable bonds is 6. The lowest BCUT2D eigenvalue weighted by Gasteiger charge is -2.36. The maximum Gasteiger partial charge on any atom is 0.243 e. The SMILES string of the molecule is CCCCc1ccc(S(=O)(=O)N2CCN(c3ccc(C)cc3C)CC2)cc1. The first-order valence-electron chi connectivity index (χ1n) is 9.83. The molecule has 0 spiro atoms. The summed E-state index contributed by atoms with van der Waals surface area (Å²) in [5.41, 5.74) is 4.90. The Morgan fingerprint density at radius 3 is 2.19 bits per heavy atom. The van der Waals surface area contributed by atoms with Crippen molar-refractivity contribution in [2.45, 2.75) is 44.9 Å². The maximum atomic E-state index is 13.0. The van der Waals surface area contributed by atoms with Crippen LogP contribution in [-0.4, -0.2) is 38.9 Å². The molecule has 0 unspecified atom stereocenters. The molecule has 0 atom stereocenters. The number of unbranched alkanes of at least 4 members (excludes halogenated alkanes) is 1. The summed E-state index contributed by atoms with van der Waals surface area (Å²) in [6.07, 6.45) is 3.28. The van der Waals surface area contributed by atoms with Crippen LogP contribution in [0.3, 0.4) is 0 Å². The number of piperazine rings is 1. The Morgan fingerprint density at radius 2 is 1.59 bits per heavy atom. The second-order valence-electron chi connectivity index (χ2n) is 7.43. The first-order chi connectivity index (χ1) is 12.9. The van der Waals surface area contributed by atoms with Gasteiger partial charge in [0.05, 0.1) is 4.90 Å². The van der Waals surface area contributed by atoms with Crippen LogP contribution in [0.1, 0.15) is 36.5 Å². The monoisotopic (exact) mass is 386 g/mol. The van der Waals surface area contributed by atoms with Gasteiger partial charge >= 0.3 is 0 Å². The molecule has 2 aromatic carbocycles. The Kier molecular flexibility index (Phi) is 6.22. The summed E-state index contributed by atoms with van der Waals surface area (Å²) in [5.74, 6) is 0. The molecular formula is C22H30N2O2S. The number of benzene rings is 2. The van der Waals surface area contributed by atoms with E-state index in [9.17, 15) is 8.42 Å². The maximum absolute atomic E-state index is 13.0. The zero-order chi connectivity index (χ0) is 19.4. The molecule has 27 heavy (non-hydrogen) atoms. The number of aryl methyl sites for hydroxylation is 3. The zero-order valence-electron chi connectivity index (χ0n) is 16.6. The summed E-state index contributed by atoms with van der Waals surface area (Å²) >= 11 is 0. The standard InChI is InChI=1S/C22H30N2O2S/c1-4-5-6-20-8-10-21(11-9-20)27(25,26)24-15-13-23(14-16-24)22-12-7-18(2)17-19(22)3/h7-12,17H,4-6,13-16H2,1-3H3. The van der Waals surface area contributed by atoms with Gasteiger partial charge in [-0.3, -0.25) is 0 Å². The van der Waals surface area contributed by atoms with Gasteiger partial charge in [0.15, 0.2) is 0 Å². The molecule has 146 valence electrons. The normalized spacial score (nSPS) is 15.9. The van der Waals surface area contributed by atoms with Crippen LogP contribution in [0.5, 0.6) is 0 Å². The first-order valence-corrected chi connectivity index (χ1v) is 11.3. The minimum atomic E-state index is -3.42. The number of hydrogen-bond acceptors (Lipinski definition) is 3. The largest absolute Gasteiger partial charge is 0.369 e. The van der Waals surface area contributed by atoms with Crippen molar-refractivity contribution in [1.82, 2.24) is 4.31 Å². The molecule has 1 saturated heterocycles. The van der Waals surface area contributed by atoms with Crippen LogP contribution in [0, 0.1) is 13.8 Å². The molecule has 2 aromatic rings. The summed E-state index contributed by atoms with van der Waals surface area (Å²) < 4.78 is 27.6. The van der Waals surface area contributed by atoms with E-state index in [4.69, 9.17) is 0 Å². The molecule has 1 fully saturated rings. The third-order valence-electron chi connectivity index (χ3n) is 5.31. The Morgan fingerprint density at radius 1 is 0.926 bits per heavy atom. The lowest BCUT2D eigenvalue weighted by Crippen LogP contribution is -2.48. The fourth-order valence-electron chi connectivity index (χ4n) is 3.69. The summed E-state index contributed by atoms with van der Waals surface area (Å²) in [4.78, 5) is 2.69. The van der Waals surface area contributed by atoms with Gasteiger partial charge in [-0.2, -0.15) is 4.31 Å². The highest BCUT2D eigenvalue weighted by molar-refractivity contribution is 7.89. The molecule has 0 amide bonds. The van der Waals surface area contributed by atoms with E-state index in [-0.39, 0.29) is 0 Å². The van der Waals surface area contributed by atoms with E-state index in [1.54, 1.807) is 16.4 Å². The van der Waals surface area contributed by atoms with Crippen molar-refractivity contribution in [2.75, 3.05) is 31.1 Å². The van der Waals surface area contributed by atoms with Gasteiger partial charge in [0.2, 0.25) is 10.0 Å². The summed E-state index contributed by atoms with van der Waals surface area (Å²) in [6, 6.07) is 13.9. The molecule has 5 heteroatoms. The fourth-order valence-corrected chi connectivity index (χ4v) is 5.11. The van der Waals surface area contributed by atoms with Crippen molar-refractivity contribution in [1.29, 1.82) is 0 Å². The minimum absolute atomic E-state index is 0.405. The highest BCUT2D eigenvalue weighted by Crippen LogP contribution is 2.25. The lowest BCUT2D eigenvalue weighted by atomic mass is 10.1. The molecule has 4 nitrogen and oxygen atoms in total. The molecule has 1 aliphatic rings. The zero-order valence-corrected chi connectivity index (χ0v) is 17.4. The van der Waals surface area contributed by atoms with Crippen molar-refractivity contribution in [2.24, 2.45) is 0 Å². The minimum Gasteiger partial charge on any atom is -0.369 e. The van der Waals surface area contributed by atoms with Crippen LogP contribution < -0.4 is 4.90 Å².